The Morgan fingerprint density at radius 1 is 1.15 bits per heavy atom. The second kappa shape index (κ2) is 7.17. The van der Waals surface area contributed by atoms with Gasteiger partial charge in [0.25, 0.3) is 0 Å². The Kier molecular flexibility index (Phi) is 5.57. The van der Waals surface area contributed by atoms with Crippen molar-refractivity contribution in [1.29, 1.82) is 0 Å². The van der Waals surface area contributed by atoms with E-state index in [1.807, 2.05) is 30.3 Å². The Hall–Kier alpha value is -2.51. The number of nitrogens with zero attached hydrogens (tertiary/aromatic N) is 3. The summed E-state index contributed by atoms with van der Waals surface area (Å²) in [7, 11) is 0. The van der Waals surface area contributed by atoms with Gasteiger partial charge >= 0.3 is 0 Å². The molecular formula is C13H17N5O2. The van der Waals surface area contributed by atoms with Crippen molar-refractivity contribution in [2.24, 2.45) is 11.5 Å². The van der Waals surface area contributed by atoms with Crippen LogP contribution in [0.25, 0.3) is 0 Å². The van der Waals surface area contributed by atoms with Crippen LogP contribution in [0.2, 0.25) is 0 Å². The number of carbonyl (C=O) groups excluding carboxylic acids is 1. The summed E-state index contributed by atoms with van der Waals surface area (Å²) < 4.78 is 0. The molecule has 1 aromatic heterocycles. The average Bonchev–Trinajstić information content (AvgIpc) is 2.46. The fourth-order valence-electron chi connectivity index (χ4n) is 1.63. The zero-order valence-corrected chi connectivity index (χ0v) is 10.8. The van der Waals surface area contributed by atoms with Crippen molar-refractivity contribution in [2.75, 3.05) is 11.4 Å². The maximum absolute atomic E-state index is 11.1. The van der Waals surface area contributed by atoms with Gasteiger partial charge in [0.15, 0.2) is 0 Å². The Balaban J connectivity index is 0.00000200. The SMILES string of the molecule is NC(=O)[C@@H](N)CN(c1ccccc1)c1ncccn1.O. The molecule has 1 amide bonds. The van der Waals surface area contributed by atoms with Gasteiger partial charge in [-0.2, -0.15) is 0 Å². The van der Waals surface area contributed by atoms with Gasteiger partial charge in [0, 0.05) is 18.1 Å². The monoisotopic (exact) mass is 275 g/mol. The number of aromatic nitrogens is 2. The van der Waals surface area contributed by atoms with E-state index in [9.17, 15) is 4.79 Å². The molecule has 0 radical (unpaired) electrons. The van der Waals surface area contributed by atoms with Gasteiger partial charge in [-0.3, -0.25) is 4.79 Å². The van der Waals surface area contributed by atoms with E-state index in [-0.39, 0.29) is 12.0 Å². The van der Waals surface area contributed by atoms with Crippen molar-refractivity contribution < 1.29 is 10.3 Å². The van der Waals surface area contributed by atoms with Crippen LogP contribution in [0.3, 0.4) is 0 Å². The van der Waals surface area contributed by atoms with Crippen molar-refractivity contribution in [1.82, 2.24) is 9.97 Å². The van der Waals surface area contributed by atoms with Crippen LogP contribution in [0.1, 0.15) is 0 Å². The van der Waals surface area contributed by atoms with Crippen LogP contribution in [0.15, 0.2) is 48.8 Å². The van der Waals surface area contributed by atoms with Gasteiger partial charge in [0.2, 0.25) is 11.9 Å². The first-order chi connectivity index (χ1) is 9.18. The predicted octanol–water partition coefficient (Wildman–Crippen LogP) is -0.397. The molecule has 106 valence electrons. The minimum atomic E-state index is -0.788. The molecule has 0 saturated carbocycles. The van der Waals surface area contributed by atoms with Gasteiger partial charge in [0.1, 0.15) is 6.04 Å². The number of amides is 1. The van der Waals surface area contributed by atoms with Crippen LogP contribution >= 0.6 is 0 Å². The molecule has 0 aliphatic carbocycles. The van der Waals surface area contributed by atoms with Gasteiger partial charge < -0.3 is 21.8 Å². The fourth-order valence-corrected chi connectivity index (χ4v) is 1.63. The van der Waals surface area contributed by atoms with E-state index in [0.29, 0.717) is 5.95 Å². The van der Waals surface area contributed by atoms with E-state index >= 15 is 0 Å². The molecule has 0 spiro atoms. The minimum absolute atomic E-state index is 0. The smallest absolute Gasteiger partial charge is 0.236 e. The highest BCUT2D eigenvalue weighted by molar-refractivity contribution is 5.80. The van der Waals surface area contributed by atoms with Crippen LogP contribution in [-0.4, -0.2) is 33.9 Å². The predicted molar refractivity (Wildman–Crippen MR) is 76.3 cm³/mol. The summed E-state index contributed by atoms with van der Waals surface area (Å²) in [6, 6.07) is 10.4. The molecule has 20 heavy (non-hydrogen) atoms. The number of carbonyl (C=O) groups is 1. The molecule has 1 aromatic carbocycles. The quantitative estimate of drug-likeness (QED) is 0.767. The zero-order valence-electron chi connectivity index (χ0n) is 10.8. The standard InChI is InChI=1S/C13H15N5O.H2O/c14-11(12(15)19)9-18(10-5-2-1-3-6-10)13-16-7-4-8-17-13;/h1-8,11H,9,14H2,(H2,15,19);1H2/t11-;/m0./s1. The lowest BCUT2D eigenvalue weighted by Crippen LogP contribution is -2.45. The van der Waals surface area contributed by atoms with Crippen LogP contribution in [-0.2, 0) is 4.79 Å². The molecule has 1 atom stereocenters. The fraction of sp³-hybridized carbons (Fsp3) is 0.154. The second-order valence-electron chi connectivity index (χ2n) is 4.00. The molecule has 6 N–H and O–H groups in total. The van der Waals surface area contributed by atoms with E-state index in [1.54, 1.807) is 23.4 Å². The highest BCUT2D eigenvalue weighted by Crippen LogP contribution is 2.20. The summed E-state index contributed by atoms with van der Waals surface area (Å²) in [5, 5.41) is 0. The van der Waals surface area contributed by atoms with Gasteiger partial charge in [-0.1, -0.05) is 18.2 Å². The molecule has 0 bridgehead atoms. The normalized spacial score (nSPS) is 11.2. The van der Waals surface area contributed by atoms with Gasteiger partial charge in [-0.15, -0.1) is 0 Å². The molecule has 0 unspecified atom stereocenters. The average molecular weight is 275 g/mol. The number of benzene rings is 1. The minimum Gasteiger partial charge on any atom is -0.412 e. The first-order valence-electron chi connectivity index (χ1n) is 5.83. The number of anilines is 2. The van der Waals surface area contributed by atoms with E-state index in [4.69, 9.17) is 11.5 Å². The maximum Gasteiger partial charge on any atom is 0.236 e. The summed E-state index contributed by atoms with van der Waals surface area (Å²) in [6.45, 7) is 0.226. The second-order valence-corrected chi connectivity index (χ2v) is 4.00. The Morgan fingerprint density at radius 2 is 1.75 bits per heavy atom. The maximum atomic E-state index is 11.1. The molecule has 0 fully saturated rings. The highest BCUT2D eigenvalue weighted by Gasteiger charge is 2.18. The van der Waals surface area contributed by atoms with Crippen molar-refractivity contribution >= 4 is 17.5 Å². The number of primary amides is 1. The van der Waals surface area contributed by atoms with Gasteiger partial charge in [-0.05, 0) is 18.2 Å². The molecule has 7 heteroatoms. The van der Waals surface area contributed by atoms with Crippen LogP contribution in [0.5, 0.6) is 0 Å². The first-order valence-corrected chi connectivity index (χ1v) is 5.83. The Labute approximate surface area is 116 Å². The number of hydrogen-bond donors (Lipinski definition) is 2. The third-order valence-electron chi connectivity index (χ3n) is 2.61. The van der Waals surface area contributed by atoms with Crippen LogP contribution in [0.4, 0.5) is 11.6 Å². The van der Waals surface area contributed by atoms with Crippen LogP contribution < -0.4 is 16.4 Å². The molecule has 1 heterocycles. The molecule has 0 saturated heterocycles. The summed E-state index contributed by atoms with van der Waals surface area (Å²) in [5.41, 5.74) is 11.8. The highest BCUT2D eigenvalue weighted by atomic mass is 16.1. The summed E-state index contributed by atoms with van der Waals surface area (Å²) in [6.07, 6.45) is 3.27. The summed E-state index contributed by atoms with van der Waals surface area (Å²) in [5.74, 6) is -0.0812. The molecule has 2 aromatic rings. The Bertz CT molecular complexity index is 495. The summed E-state index contributed by atoms with van der Waals surface area (Å²) >= 11 is 0. The lowest BCUT2D eigenvalue weighted by molar-refractivity contribution is -0.119. The lowest BCUT2D eigenvalue weighted by Gasteiger charge is -2.24. The third kappa shape index (κ3) is 3.74. The lowest BCUT2D eigenvalue weighted by atomic mass is 10.2. The summed E-state index contributed by atoms with van der Waals surface area (Å²) in [4.78, 5) is 21.2. The van der Waals surface area contributed by atoms with Gasteiger partial charge in [-0.25, -0.2) is 9.97 Å². The molecular weight excluding hydrogens is 258 g/mol. The van der Waals surface area contributed by atoms with Crippen molar-refractivity contribution in [2.45, 2.75) is 6.04 Å². The Morgan fingerprint density at radius 3 is 2.30 bits per heavy atom. The molecule has 0 aliphatic heterocycles. The number of nitrogens with two attached hydrogens (primary N) is 2. The number of hydrogen-bond acceptors (Lipinski definition) is 5. The van der Waals surface area contributed by atoms with Crippen molar-refractivity contribution in [3.05, 3.63) is 48.8 Å². The van der Waals surface area contributed by atoms with E-state index in [0.717, 1.165) is 5.69 Å². The van der Waals surface area contributed by atoms with Crippen molar-refractivity contribution in [3.8, 4) is 0 Å². The molecule has 2 rings (SSSR count). The van der Waals surface area contributed by atoms with E-state index < -0.39 is 11.9 Å². The topological polar surface area (TPSA) is 130 Å². The van der Waals surface area contributed by atoms with Gasteiger partial charge in [0.05, 0.1) is 6.54 Å². The molecule has 7 nitrogen and oxygen atoms in total. The zero-order chi connectivity index (χ0) is 13.7. The first kappa shape index (κ1) is 15.5. The largest absolute Gasteiger partial charge is 0.412 e. The number of rotatable bonds is 5. The molecule has 0 aliphatic rings. The number of para-hydroxylation sites is 1. The van der Waals surface area contributed by atoms with E-state index in [1.165, 1.54) is 0 Å². The van der Waals surface area contributed by atoms with E-state index in [2.05, 4.69) is 9.97 Å². The van der Waals surface area contributed by atoms with Crippen molar-refractivity contribution in [3.63, 3.8) is 0 Å². The van der Waals surface area contributed by atoms with Crippen LogP contribution in [0, 0.1) is 0 Å². The third-order valence-corrected chi connectivity index (χ3v) is 2.61.